The minimum Gasteiger partial charge on any atom is -0.382 e. The maximum Gasteiger partial charge on any atom is 0.0545 e. The van der Waals surface area contributed by atoms with Crippen molar-refractivity contribution in [1.82, 2.24) is 0 Å². The topological polar surface area (TPSA) is 9.23 Å². The lowest BCUT2D eigenvalue weighted by Gasteiger charge is -2.15. The molecular formula is C13H20O. The molecule has 0 heterocycles. The molecule has 0 aromatic heterocycles. The molecule has 0 amide bonds. The van der Waals surface area contributed by atoms with Gasteiger partial charge in [-0.05, 0) is 31.2 Å². The molecule has 1 nitrogen and oxygen atoms in total. The lowest BCUT2D eigenvalue weighted by molar-refractivity contribution is 0.0974. The highest BCUT2D eigenvalue weighted by Gasteiger charge is 2.08. The van der Waals surface area contributed by atoms with Crippen LogP contribution in [-0.4, -0.2) is 13.2 Å². The van der Waals surface area contributed by atoms with E-state index in [0.717, 1.165) is 12.8 Å². The molecule has 0 aliphatic heterocycles. The Kier molecular flexibility index (Phi) is 4.68. The first-order chi connectivity index (χ1) is 6.72. The lowest BCUT2D eigenvalue weighted by atomic mass is 9.96. The van der Waals surface area contributed by atoms with Crippen molar-refractivity contribution in [2.75, 3.05) is 7.11 Å². The predicted molar refractivity (Wildman–Crippen MR) is 60.4 cm³/mol. The third kappa shape index (κ3) is 3.93. The quantitative estimate of drug-likeness (QED) is 0.695. The van der Waals surface area contributed by atoms with E-state index in [4.69, 9.17) is 4.74 Å². The van der Waals surface area contributed by atoms with Crippen molar-refractivity contribution in [1.29, 1.82) is 0 Å². The number of methoxy groups -OCH3 is 1. The molecule has 1 aromatic rings. The summed E-state index contributed by atoms with van der Waals surface area (Å²) in [5.74, 6) is 0.687. The van der Waals surface area contributed by atoms with E-state index in [0.29, 0.717) is 12.0 Å². The molecule has 14 heavy (non-hydrogen) atoms. The van der Waals surface area contributed by atoms with Crippen molar-refractivity contribution >= 4 is 0 Å². The number of hydrogen-bond donors (Lipinski definition) is 0. The molecule has 1 rings (SSSR count). The Hall–Kier alpha value is -0.820. The summed E-state index contributed by atoms with van der Waals surface area (Å²) in [6.07, 6.45) is 2.65. The van der Waals surface area contributed by atoms with Crippen molar-refractivity contribution in [2.24, 2.45) is 5.92 Å². The van der Waals surface area contributed by atoms with Crippen LogP contribution in [0.15, 0.2) is 30.3 Å². The van der Waals surface area contributed by atoms with E-state index in [-0.39, 0.29) is 0 Å². The van der Waals surface area contributed by atoms with Crippen LogP contribution in [0.2, 0.25) is 0 Å². The Morgan fingerprint density at radius 1 is 1.14 bits per heavy atom. The molecule has 2 atom stereocenters. The van der Waals surface area contributed by atoms with Crippen molar-refractivity contribution in [3.8, 4) is 0 Å². The summed E-state index contributed by atoms with van der Waals surface area (Å²) in [6, 6.07) is 10.6. The summed E-state index contributed by atoms with van der Waals surface area (Å²) in [5.41, 5.74) is 1.42. The molecule has 0 N–H and O–H groups in total. The molecular weight excluding hydrogens is 172 g/mol. The smallest absolute Gasteiger partial charge is 0.0545 e. The average Bonchev–Trinajstić information content (AvgIpc) is 2.19. The molecule has 0 saturated heterocycles. The summed E-state index contributed by atoms with van der Waals surface area (Å²) in [7, 11) is 1.78. The predicted octanol–water partition coefficient (Wildman–Crippen LogP) is 3.29. The Morgan fingerprint density at radius 2 is 1.79 bits per heavy atom. The second-order valence-corrected chi connectivity index (χ2v) is 4.08. The standard InChI is InChI=1S/C13H20O/c1-11(9-12(2)14-3)10-13-7-5-4-6-8-13/h4-8,11-12H,9-10H2,1-3H3. The second kappa shape index (κ2) is 5.82. The summed E-state index contributed by atoms with van der Waals surface area (Å²) in [4.78, 5) is 0. The van der Waals surface area contributed by atoms with Crippen LogP contribution in [-0.2, 0) is 11.2 Å². The molecule has 0 saturated carbocycles. The molecule has 1 heteroatoms. The zero-order valence-corrected chi connectivity index (χ0v) is 9.36. The fourth-order valence-electron chi connectivity index (χ4n) is 1.76. The second-order valence-electron chi connectivity index (χ2n) is 4.08. The molecule has 0 bridgehead atoms. The Labute approximate surface area is 87.1 Å². The van der Waals surface area contributed by atoms with Gasteiger partial charge in [-0.3, -0.25) is 0 Å². The Bertz CT molecular complexity index is 243. The monoisotopic (exact) mass is 192 g/mol. The molecule has 0 radical (unpaired) electrons. The lowest BCUT2D eigenvalue weighted by Crippen LogP contribution is -2.12. The minimum atomic E-state index is 0.369. The van der Waals surface area contributed by atoms with Crippen LogP contribution >= 0.6 is 0 Å². The molecule has 78 valence electrons. The van der Waals surface area contributed by atoms with Crippen molar-refractivity contribution in [3.05, 3.63) is 35.9 Å². The molecule has 0 aliphatic rings. The highest BCUT2D eigenvalue weighted by molar-refractivity contribution is 5.15. The van der Waals surface area contributed by atoms with Gasteiger partial charge in [0.25, 0.3) is 0 Å². The number of hydrogen-bond acceptors (Lipinski definition) is 1. The van der Waals surface area contributed by atoms with Crippen LogP contribution in [0, 0.1) is 5.92 Å². The van der Waals surface area contributed by atoms with Gasteiger partial charge in [-0.15, -0.1) is 0 Å². The van der Waals surface area contributed by atoms with Gasteiger partial charge in [-0.25, -0.2) is 0 Å². The molecule has 2 unspecified atom stereocenters. The van der Waals surface area contributed by atoms with E-state index in [9.17, 15) is 0 Å². The molecule has 0 spiro atoms. The first-order valence-corrected chi connectivity index (χ1v) is 5.29. The number of benzene rings is 1. The van der Waals surface area contributed by atoms with Crippen LogP contribution < -0.4 is 0 Å². The van der Waals surface area contributed by atoms with Gasteiger partial charge in [0.05, 0.1) is 6.10 Å². The summed E-state index contributed by atoms with van der Waals surface area (Å²) >= 11 is 0. The van der Waals surface area contributed by atoms with Crippen LogP contribution in [0.3, 0.4) is 0 Å². The molecule has 0 aliphatic carbocycles. The first-order valence-electron chi connectivity index (χ1n) is 5.29. The van der Waals surface area contributed by atoms with E-state index >= 15 is 0 Å². The fraction of sp³-hybridized carbons (Fsp3) is 0.538. The van der Waals surface area contributed by atoms with Crippen LogP contribution in [0.4, 0.5) is 0 Å². The van der Waals surface area contributed by atoms with Gasteiger partial charge in [0.15, 0.2) is 0 Å². The average molecular weight is 192 g/mol. The first kappa shape index (κ1) is 11.3. The van der Waals surface area contributed by atoms with Gasteiger partial charge in [0, 0.05) is 7.11 Å². The van der Waals surface area contributed by atoms with Crippen molar-refractivity contribution in [2.45, 2.75) is 32.8 Å². The number of ether oxygens (including phenoxy) is 1. The number of rotatable bonds is 5. The van der Waals surface area contributed by atoms with Gasteiger partial charge in [0.1, 0.15) is 0 Å². The highest BCUT2D eigenvalue weighted by Crippen LogP contribution is 2.14. The summed E-state index contributed by atoms with van der Waals surface area (Å²) < 4.78 is 5.26. The third-order valence-corrected chi connectivity index (χ3v) is 2.56. The van der Waals surface area contributed by atoms with Gasteiger partial charge in [-0.2, -0.15) is 0 Å². The van der Waals surface area contributed by atoms with E-state index in [1.807, 2.05) is 0 Å². The highest BCUT2D eigenvalue weighted by atomic mass is 16.5. The third-order valence-electron chi connectivity index (χ3n) is 2.56. The largest absolute Gasteiger partial charge is 0.382 e. The Balaban J connectivity index is 2.37. The minimum absolute atomic E-state index is 0.369. The van der Waals surface area contributed by atoms with Gasteiger partial charge < -0.3 is 4.74 Å². The van der Waals surface area contributed by atoms with E-state index < -0.39 is 0 Å². The van der Waals surface area contributed by atoms with E-state index in [1.165, 1.54) is 5.56 Å². The summed E-state index contributed by atoms with van der Waals surface area (Å²) in [5, 5.41) is 0. The Morgan fingerprint density at radius 3 is 2.36 bits per heavy atom. The summed E-state index contributed by atoms with van der Waals surface area (Å²) in [6.45, 7) is 4.41. The normalized spacial score (nSPS) is 15.1. The van der Waals surface area contributed by atoms with E-state index in [1.54, 1.807) is 7.11 Å². The maximum atomic E-state index is 5.26. The fourth-order valence-corrected chi connectivity index (χ4v) is 1.76. The van der Waals surface area contributed by atoms with Crippen molar-refractivity contribution < 1.29 is 4.74 Å². The zero-order valence-electron chi connectivity index (χ0n) is 9.36. The van der Waals surface area contributed by atoms with Crippen LogP contribution in [0.5, 0.6) is 0 Å². The maximum absolute atomic E-state index is 5.26. The SMILES string of the molecule is COC(C)CC(C)Cc1ccccc1. The zero-order chi connectivity index (χ0) is 10.4. The van der Waals surface area contributed by atoms with Crippen molar-refractivity contribution in [3.63, 3.8) is 0 Å². The van der Waals surface area contributed by atoms with E-state index in [2.05, 4.69) is 44.2 Å². The van der Waals surface area contributed by atoms with Gasteiger partial charge in [-0.1, -0.05) is 37.3 Å². The van der Waals surface area contributed by atoms with Gasteiger partial charge in [0.2, 0.25) is 0 Å². The molecule has 1 aromatic carbocycles. The molecule has 0 fully saturated rings. The van der Waals surface area contributed by atoms with Crippen LogP contribution in [0.1, 0.15) is 25.8 Å². The van der Waals surface area contributed by atoms with Crippen LogP contribution in [0.25, 0.3) is 0 Å². The van der Waals surface area contributed by atoms with Gasteiger partial charge >= 0.3 is 0 Å².